The van der Waals surface area contributed by atoms with Crippen LogP contribution in [0.3, 0.4) is 0 Å². The number of amides is 1. The van der Waals surface area contributed by atoms with Gasteiger partial charge in [0.25, 0.3) is 0 Å². The number of thioether (sulfide) groups is 1. The molecule has 1 atom stereocenters. The van der Waals surface area contributed by atoms with E-state index in [-0.39, 0.29) is 23.5 Å². The highest BCUT2D eigenvalue weighted by atomic mass is 32.2. The third kappa shape index (κ3) is 3.86. The van der Waals surface area contributed by atoms with Gasteiger partial charge in [-0.3, -0.25) is 15.2 Å². The van der Waals surface area contributed by atoms with Crippen molar-refractivity contribution in [3.8, 4) is 0 Å². The van der Waals surface area contributed by atoms with Crippen molar-refractivity contribution in [1.29, 1.82) is 0 Å². The van der Waals surface area contributed by atoms with Crippen LogP contribution in [-0.4, -0.2) is 33.8 Å². The predicted molar refractivity (Wildman–Crippen MR) is 104 cm³/mol. The van der Waals surface area contributed by atoms with Crippen LogP contribution in [0.25, 0.3) is 23.1 Å². The maximum absolute atomic E-state index is 14.3. The highest BCUT2D eigenvalue weighted by molar-refractivity contribution is 7.99. The summed E-state index contributed by atoms with van der Waals surface area (Å²) in [6.07, 6.45) is 3.54. The number of halogens is 2. The fourth-order valence-electron chi connectivity index (χ4n) is 2.81. The zero-order valence-corrected chi connectivity index (χ0v) is 14.9. The summed E-state index contributed by atoms with van der Waals surface area (Å²) in [5.74, 6) is 0.278. The van der Waals surface area contributed by atoms with Gasteiger partial charge in [-0.15, -0.1) is 11.8 Å². The van der Waals surface area contributed by atoms with Gasteiger partial charge in [0.15, 0.2) is 0 Å². The highest BCUT2D eigenvalue weighted by Gasteiger charge is 2.23. The molecule has 1 fully saturated rings. The molecule has 0 radical (unpaired) electrons. The van der Waals surface area contributed by atoms with Crippen molar-refractivity contribution in [3.63, 3.8) is 0 Å². The van der Waals surface area contributed by atoms with Gasteiger partial charge in [0.1, 0.15) is 11.6 Å². The molecule has 0 bridgehead atoms. The van der Waals surface area contributed by atoms with E-state index in [2.05, 4.69) is 20.8 Å². The van der Waals surface area contributed by atoms with E-state index < -0.39 is 5.82 Å². The Balaban J connectivity index is 1.61. The molecule has 138 valence electrons. The molecule has 27 heavy (non-hydrogen) atoms. The van der Waals surface area contributed by atoms with Gasteiger partial charge >= 0.3 is 0 Å². The summed E-state index contributed by atoms with van der Waals surface area (Å²) in [5.41, 5.74) is 2.05. The Morgan fingerprint density at radius 1 is 1.22 bits per heavy atom. The van der Waals surface area contributed by atoms with Crippen LogP contribution in [-0.2, 0) is 4.79 Å². The largest absolute Gasteiger partial charge is 0.322 e. The van der Waals surface area contributed by atoms with E-state index >= 15 is 0 Å². The Kier molecular flexibility index (Phi) is 4.91. The summed E-state index contributed by atoms with van der Waals surface area (Å²) in [6.45, 7) is 0. The van der Waals surface area contributed by atoms with Crippen molar-refractivity contribution < 1.29 is 13.6 Å². The second kappa shape index (κ2) is 7.50. The lowest BCUT2D eigenvalue weighted by Gasteiger charge is -2.11. The number of H-pyrrole nitrogens is 1. The van der Waals surface area contributed by atoms with Crippen LogP contribution in [0.5, 0.6) is 0 Å². The first-order valence-electron chi connectivity index (χ1n) is 8.33. The van der Waals surface area contributed by atoms with Crippen LogP contribution in [0, 0.1) is 11.6 Å². The van der Waals surface area contributed by atoms with Gasteiger partial charge < -0.3 is 5.32 Å². The molecule has 0 unspecified atom stereocenters. The first-order valence-corrected chi connectivity index (χ1v) is 9.49. The monoisotopic (exact) mass is 386 g/mol. The van der Waals surface area contributed by atoms with E-state index in [0.29, 0.717) is 28.2 Å². The van der Waals surface area contributed by atoms with Crippen molar-refractivity contribution in [2.75, 3.05) is 16.9 Å². The van der Waals surface area contributed by atoms with Crippen molar-refractivity contribution in [2.45, 2.75) is 6.04 Å². The van der Waals surface area contributed by atoms with Gasteiger partial charge in [0, 0.05) is 23.1 Å². The number of nitrogens with one attached hydrogen (secondary N) is 3. The van der Waals surface area contributed by atoms with Crippen LogP contribution in [0.1, 0.15) is 11.3 Å². The normalized spacial score (nSPS) is 17.0. The van der Waals surface area contributed by atoms with E-state index in [4.69, 9.17) is 0 Å². The Morgan fingerprint density at radius 2 is 2.04 bits per heavy atom. The van der Waals surface area contributed by atoms with Crippen LogP contribution < -0.4 is 10.6 Å². The second-order valence-electron chi connectivity index (χ2n) is 6.13. The Labute approximate surface area is 158 Å². The third-order valence-electron chi connectivity index (χ3n) is 4.27. The molecule has 1 amide bonds. The minimum absolute atomic E-state index is 0.115. The summed E-state index contributed by atoms with van der Waals surface area (Å²) in [6, 6.07) is 8.61. The van der Waals surface area contributed by atoms with Gasteiger partial charge in [0.2, 0.25) is 5.91 Å². The molecule has 0 aliphatic carbocycles. The minimum Gasteiger partial charge on any atom is -0.322 e. The number of hydrogen-bond acceptors (Lipinski definition) is 4. The van der Waals surface area contributed by atoms with Crippen molar-refractivity contribution in [2.24, 2.45) is 0 Å². The molecule has 1 aliphatic heterocycles. The summed E-state index contributed by atoms with van der Waals surface area (Å²) in [5, 5.41) is 13.3. The quantitative estimate of drug-likeness (QED) is 0.641. The number of nitrogens with zero attached hydrogens (tertiary/aromatic N) is 1. The second-order valence-corrected chi connectivity index (χ2v) is 7.16. The molecule has 5 nitrogen and oxygen atoms in total. The minimum atomic E-state index is -0.529. The molecule has 2 aromatic carbocycles. The van der Waals surface area contributed by atoms with Gasteiger partial charge in [0.05, 0.1) is 22.9 Å². The van der Waals surface area contributed by atoms with Crippen LogP contribution >= 0.6 is 11.8 Å². The standard InChI is InChI=1S/C19H16F2N4OS/c20-12-4-1-11(2-5-12)3-6-15-13-7-17(14(21)8-16(13)25-24-15)23-19(26)18-9-27-10-22-18/h1-8,18,22H,9-10H2,(H,23,26)(H,24,25)/t18-/m1/s1. The molecule has 0 saturated carbocycles. The SMILES string of the molecule is O=C(Nc1cc2c(C=Cc3ccc(F)cc3)n[nH]c2cc1F)[C@H]1CSCN1. The summed E-state index contributed by atoms with van der Waals surface area (Å²) >= 11 is 1.62. The number of rotatable bonds is 4. The number of aromatic nitrogens is 2. The van der Waals surface area contributed by atoms with Crippen LogP contribution in [0.15, 0.2) is 36.4 Å². The number of aromatic amines is 1. The van der Waals surface area contributed by atoms with Crippen molar-refractivity contribution >= 4 is 46.4 Å². The van der Waals surface area contributed by atoms with E-state index in [0.717, 1.165) is 5.56 Å². The zero-order chi connectivity index (χ0) is 18.8. The Hall–Kier alpha value is -2.71. The van der Waals surface area contributed by atoms with E-state index in [1.165, 1.54) is 18.2 Å². The van der Waals surface area contributed by atoms with Crippen molar-refractivity contribution in [3.05, 3.63) is 59.3 Å². The van der Waals surface area contributed by atoms with Gasteiger partial charge in [-0.2, -0.15) is 5.10 Å². The molecule has 3 aromatic rings. The van der Waals surface area contributed by atoms with Gasteiger partial charge in [-0.25, -0.2) is 8.78 Å². The number of anilines is 1. The molecule has 4 rings (SSSR count). The average Bonchev–Trinajstić information content (AvgIpc) is 3.32. The molecule has 2 heterocycles. The predicted octanol–water partition coefficient (Wildman–Crippen LogP) is 3.61. The first-order chi connectivity index (χ1) is 13.1. The van der Waals surface area contributed by atoms with Gasteiger partial charge in [-0.1, -0.05) is 18.2 Å². The Morgan fingerprint density at radius 3 is 2.78 bits per heavy atom. The lowest BCUT2D eigenvalue weighted by atomic mass is 10.1. The first kappa shape index (κ1) is 17.7. The summed E-state index contributed by atoms with van der Waals surface area (Å²) in [7, 11) is 0. The molecule has 0 spiro atoms. The van der Waals surface area contributed by atoms with E-state index in [1.807, 2.05) is 0 Å². The molecular weight excluding hydrogens is 370 g/mol. The highest BCUT2D eigenvalue weighted by Crippen LogP contribution is 2.26. The molecular formula is C19H16F2N4OS. The maximum Gasteiger partial charge on any atom is 0.242 e. The van der Waals surface area contributed by atoms with E-state index in [1.54, 1.807) is 42.1 Å². The molecule has 1 saturated heterocycles. The number of carbonyl (C=O) groups is 1. The number of carbonyl (C=O) groups excluding carboxylic acids is 1. The molecule has 1 aromatic heterocycles. The van der Waals surface area contributed by atoms with E-state index in [9.17, 15) is 13.6 Å². The zero-order valence-electron chi connectivity index (χ0n) is 14.1. The molecule has 1 aliphatic rings. The number of benzene rings is 2. The summed E-state index contributed by atoms with van der Waals surface area (Å²) < 4.78 is 27.3. The molecule has 3 N–H and O–H groups in total. The van der Waals surface area contributed by atoms with Crippen molar-refractivity contribution in [1.82, 2.24) is 15.5 Å². The fraction of sp³-hybridized carbons (Fsp3) is 0.158. The lowest BCUT2D eigenvalue weighted by molar-refractivity contribution is -0.117. The Bertz CT molecular complexity index is 1010. The maximum atomic E-state index is 14.3. The average molecular weight is 386 g/mol. The van der Waals surface area contributed by atoms with Gasteiger partial charge in [-0.05, 0) is 29.8 Å². The fourth-order valence-corrected chi connectivity index (χ4v) is 3.76. The third-order valence-corrected chi connectivity index (χ3v) is 5.21. The van der Waals surface area contributed by atoms with Crippen LogP contribution in [0.4, 0.5) is 14.5 Å². The number of fused-ring (bicyclic) bond motifs is 1. The topological polar surface area (TPSA) is 69.8 Å². The molecule has 8 heteroatoms. The lowest BCUT2D eigenvalue weighted by Crippen LogP contribution is -2.37. The summed E-state index contributed by atoms with van der Waals surface area (Å²) in [4.78, 5) is 12.2. The smallest absolute Gasteiger partial charge is 0.242 e. The number of hydrogen-bond donors (Lipinski definition) is 3. The van der Waals surface area contributed by atoms with Crippen LogP contribution in [0.2, 0.25) is 0 Å².